The largest absolute Gasteiger partial charge is 0.485 e. The van der Waals surface area contributed by atoms with Crippen molar-refractivity contribution in [3.63, 3.8) is 0 Å². The first-order valence-electron chi connectivity index (χ1n) is 10.0. The van der Waals surface area contributed by atoms with E-state index in [0.717, 1.165) is 19.3 Å². The van der Waals surface area contributed by atoms with E-state index in [1.807, 2.05) is 18.2 Å². The molecule has 2 aliphatic rings. The Labute approximate surface area is 172 Å². The van der Waals surface area contributed by atoms with Crippen LogP contribution in [0.1, 0.15) is 38.0 Å². The molecule has 0 radical (unpaired) electrons. The van der Waals surface area contributed by atoms with Crippen LogP contribution in [0.3, 0.4) is 0 Å². The summed E-state index contributed by atoms with van der Waals surface area (Å²) >= 11 is 0. The second-order valence-electron chi connectivity index (χ2n) is 7.51. The van der Waals surface area contributed by atoms with Crippen LogP contribution in [-0.2, 0) is 10.3 Å². The van der Waals surface area contributed by atoms with Crippen molar-refractivity contribution in [1.29, 1.82) is 0 Å². The third-order valence-corrected chi connectivity index (χ3v) is 5.50. The monoisotopic (exact) mass is 407 g/mol. The van der Waals surface area contributed by atoms with Crippen LogP contribution in [-0.4, -0.2) is 38.7 Å². The van der Waals surface area contributed by atoms with E-state index >= 15 is 0 Å². The van der Waals surface area contributed by atoms with E-state index in [4.69, 9.17) is 14.0 Å². The van der Waals surface area contributed by atoms with Gasteiger partial charge in [0.1, 0.15) is 17.8 Å². The number of nitrogens with one attached hydrogen (secondary N) is 1. The van der Waals surface area contributed by atoms with Crippen molar-refractivity contribution in [3.8, 4) is 23.0 Å². The summed E-state index contributed by atoms with van der Waals surface area (Å²) in [5, 5.41) is 7.20. The third kappa shape index (κ3) is 3.47. The molecule has 1 aliphatic carbocycles. The zero-order chi connectivity index (χ0) is 20.4. The molecule has 1 aliphatic heterocycles. The van der Waals surface area contributed by atoms with Crippen LogP contribution in [0.4, 0.5) is 0 Å². The van der Waals surface area contributed by atoms with Gasteiger partial charge in [-0.15, -0.1) is 0 Å². The Morgan fingerprint density at radius 3 is 2.73 bits per heavy atom. The summed E-state index contributed by atoms with van der Waals surface area (Å²) in [6, 6.07) is 7.32. The Hall–Kier alpha value is -3.49. The number of hydrogen-bond acceptors (Lipinski definition) is 8. The SMILES string of the molecule is O=C(NC1(c2nc(-c3cnccn3)no2)CCCCC1)C1COc2ccccc2O1. The summed E-state index contributed by atoms with van der Waals surface area (Å²) in [6.07, 6.45) is 8.41. The van der Waals surface area contributed by atoms with Gasteiger partial charge in [0, 0.05) is 12.4 Å². The molecule has 1 N–H and O–H groups in total. The van der Waals surface area contributed by atoms with Crippen molar-refractivity contribution in [3.05, 3.63) is 48.7 Å². The lowest BCUT2D eigenvalue weighted by Gasteiger charge is -2.36. The number of aromatic nitrogens is 4. The van der Waals surface area contributed by atoms with E-state index in [1.165, 1.54) is 0 Å². The number of amides is 1. The lowest BCUT2D eigenvalue weighted by molar-refractivity contribution is -0.133. The highest BCUT2D eigenvalue weighted by Crippen LogP contribution is 2.38. The minimum Gasteiger partial charge on any atom is -0.485 e. The highest BCUT2D eigenvalue weighted by molar-refractivity contribution is 5.82. The number of rotatable bonds is 4. The number of carbonyl (C=O) groups is 1. The zero-order valence-corrected chi connectivity index (χ0v) is 16.3. The van der Waals surface area contributed by atoms with Crippen LogP contribution in [0.5, 0.6) is 11.5 Å². The van der Waals surface area contributed by atoms with Crippen molar-refractivity contribution in [2.45, 2.75) is 43.7 Å². The maximum Gasteiger partial charge on any atom is 0.265 e. The highest BCUT2D eigenvalue weighted by Gasteiger charge is 2.43. The van der Waals surface area contributed by atoms with Gasteiger partial charge in [-0.1, -0.05) is 36.6 Å². The fourth-order valence-corrected chi connectivity index (χ4v) is 3.95. The van der Waals surface area contributed by atoms with Gasteiger partial charge < -0.3 is 19.3 Å². The summed E-state index contributed by atoms with van der Waals surface area (Å²) in [5.74, 6) is 1.67. The number of carbonyl (C=O) groups excluding carboxylic acids is 1. The number of ether oxygens (including phenoxy) is 2. The van der Waals surface area contributed by atoms with Gasteiger partial charge in [0.15, 0.2) is 11.5 Å². The zero-order valence-electron chi connectivity index (χ0n) is 16.3. The van der Waals surface area contributed by atoms with Crippen LogP contribution in [0.2, 0.25) is 0 Å². The molecule has 3 aromatic rings. The lowest BCUT2D eigenvalue weighted by atomic mass is 9.81. The molecule has 2 aromatic heterocycles. The number of fused-ring (bicyclic) bond motifs is 1. The minimum atomic E-state index is -0.749. The molecule has 3 heterocycles. The van der Waals surface area contributed by atoms with Crippen molar-refractivity contribution in [2.24, 2.45) is 0 Å². The first kappa shape index (κ1) is 18.5. The summed E-state index contributed by atoms with van der Waals surface area (Å²) in [5.41, 5.74) is -0.214. The molecule has 1 fully saturated rings. The number of nitrogens with zero attached hydrogens (tertiary/aromatic N) is 4. The maximum absolute atomic E-state index is 13.1. The van der Waals surface area contributed by atoms with Crippen LogP contribution in [0.15, 0.2) is 47.4 Å². The second-order valence-corrected chi connectivity index (χ2v) is 7.51. The first-order valence-corrected chi connectivity index (χ1v) is 10.0. The van der Waals surface area contributed by atoms with Crippen molar-refractivity contribution in [1.82, 2.24) is 25.4 Å². The van der Waals surface area contributed by atoms with Gasteiger partial charge in [0.05, 0.1) is 6.20 Å². The van der Waals surface area contributed by atoms with Crippen molar-refractivity contribution < 1.29 is 18.8 Å². The lowest BCUT2D eigenvalue weighted by Crippen LogP contribution is -2.53. The Kier molecular flexibility index (Phi) is 4.78. The number of benzene rings is 1. The van der Waals surface area contributed by atoms with E-state index in [-0.39, 0.29) is 12.5 Å². The molecular formula is C21H21N5O4. The first-order chi connectivity index (χ1) is 14.7. The predicted molar refractivity (Wildman–Crippen MR) is 105 cm³/mol. The molecule has 5 rings (SSSR count). The second kappa shape index (κ2) is 7.74. The normalized spacial score (nSPS) is 19.8. The van der Waals surface area contributed by atoms with Crippen LogP contribution < -0.4 is 14.8 Å². The molecule has 1 unspecified atom stereocenters. The van der Waals surface area contributed by atoms with Crippen LogP contribution in [0, 0.1) is 0 Å². The quantitative estimate of drug-likeness (QED) is 0.702. The van der Waals surface area contributed by atoms with E-state index in [2.05, 4.69) is 25.4 Å². The van der Waals surface area contributed by atoms with Gasteiger partial charge in [-0.3, -0.25) is 9.78 Å². The topological polar surface area (TPSA) is 112 Å². The Balaban J connectivity index is 1.38. The smallest absolute Gasteiger partial charge is 0.265 e. The predicted octanol–water partition coefficient (Wildman–Crippen LogP) is 2.64. The Bertz CT molecular complexity index is 1030. The molecule has 0 bridgehead atoms. The summed E-state index contributed by atoms with van der Waals surface area (Å²) in [7, 11) is 0. The van der Waals surface area contributed by atoms with E-state index in [0.29, 0.717) is 41.7 Å². The standard InChI is InChI=1S/C21H21N5O4/c27-19(17-13-28-15-6-2-3-7-16(15)29-17)25-21(8-4-1-5-9-21)20-24-18(26-30-20)14-12-22-10-11-23-14/h2-3,6-7,10-12,17H,1,4-5,8-9,13H2,(H,25,27). The summed E-state index contributed by atoms with van der Waals surface area (Å²) in [6.45, 7) is 0.146. The van der Waals surface area contributed by atoms with E-state index in [9.17, 15) is 4.79 Å². The molecule has 30 heavy (non-hydrogen) atoms. The maximum atomic E-state index is 13.1. The van der Waals surface area contributed by atoms with Gasteiger partial charge in [0.25, 0.3) is 11.8 Å². The molecule has 1 saturated carbocycles. The van der Waals surface area contributed by atoms with Crippen LogP contribution >= 0.6 is 0 Å². The molecule has 1 amide bonds. The average molecular weight is 407 g/mol. The fourth-order valence-electron chi connectivity index (χ4n) is 3.95. The van der Waals surface area contributed by atoms with Crippen molar-refractivity contribution in [2.75, 3.05) is 6.61 Å². The van der Waals surface area contributed by atoms with Gasteiger partial charge in [-0.25, -0.2) is 4.98 Å². The minimum absolute atomic E-state index is 0.146. The van der Waals surface area contributed by atoms with Gasteiger partial charge >= 0.3 is 0 Å². The Morgan fingerprint density at radius 2 is 1.93 bits per heavy atom. The summed E-state index contributed by atoms with van der Waals surface area (Å²) < 4.78 is 17.2. The highest BCUT2D eigenvalue weighted by atomic mass is 16.6. The molecule has 9 heteroatoms. The molecule has 1 aromatic carbocycles. The molecule has 1 atom stereocenters. The molecular weight excluding hydrogens is 386 g/mol. The molecule has 9 nitrogen and oxygen atoms in total. The number of hydrogen-bond donors (Lipinski definition) is 1. The van der Waals surface area contributed by atoms with Crippen LogP contribution in [0.25, 0.3) is 11.5 Å². The molecule has 154 valence electrons. The summed E-state index contributed by atoms with van der Waals surface area (Å²) in [4.78, 5) is 25.9. The molecule has 0 saturated heterocycles. The van der Waals surface area contributed by atoms with Gasteiger partial charge in [-0.2, -0.15) is 4.98 Å². The van der Waals surface area contributed by atoms with E-state index in [1.54, 1.807) is 24.7 Å². The van der Waals surface area contributed by atoms with E-state index < -0.39 is 11.6 Å². The third-order valence-electron chi connectivity index (χ3n) is 5.50. The Morgan fingerprint density at radius 1 is 1.10 bits per heavy atom. The molecule has 0 spiro atoms. The average Bonchev–Trinajstić information content (AvgIpc) is 3.31. The fraction of sp³-hybridized carbons (Fsp3) is 0.381. The van der Waals surface area contributed by atoms with Crippen molar-refractivity contribution >= 4 is 5.91 Å². The van der Waals surface area contributed by atoms with Gasteiger partial charge in [-0.05, 0) is 25.0 Å². The van der Waals surface area contributed by atoms with Gasteiger partial charge in [0.2, 0.25) is 11.9 Å². The number of para-hydroxylation sites is 2.